The minimum absolute atomic E-state index is 0.0288. The van der Waals surface area contributed by atoms with E-state index in [9.17, 15) is 13.6 Å². The molecule has 4 rings (SSSR count). The van der Waals surface area contributed by atoms with E-state index in [0.29, 0.717) is 13.1 Å². The van der Waals surface area contributed by atoms with Gasteiger partial charge in [-0.05, 0) is 12.8 Å². The quantitative estimate of drug-likeness (QED) is 0.906. The zero-order valence-electron chi connectivity index (χ0n) is 13.1. The third-order valence-corrected chi connectivity index (χ3v) is 4.81. The molecule has 24 heavy (non-hydrogen) atoms. The van der Waals surface area contributed by atoms with Gasteiger partial charge in [0.2, 0.25) is 0 Å². The number of halogens is 2. The van der Waals surface area contributed by atoms with Gasteiger partial charge in [0.05, 0.1) is 24.4 Å². The van der Waals surface area contributed by atoms with Gasteiger partial charge in [-0.3, -0.25) is 4.90 Å². The van der Waals surface area contributed by atoms with Crippen LogP contribution in [0.25, 0.3) is 0 Å². The first-order valence-electron chi connectivity index (χ1n) is 8.13. The van der Waals surface area contributed by atoms with E-state index in [0.717, 1.165) is 12.8 Å². The van der Waals surface area contributed by atoms with Crippen molar-refractivity contribution < 1.29 is 23.0 Å². The standard InChI is InChI=1S/C16H19F2N3O3/c17-13-3-9(21-8-12(5-19)24-16(21)22)4-14(18)15(13)20-6-10-1-2-11(7-20)23-10/h3-4,10-12H,1-2,5-8,19H2. The van der Waals surface area contributed by atoms with Crippen LogP contribution in [0, 0.1) is 11.6 Å². The molecule has 0 radical (unpaired) electrons. The number of benzene rings is 1. The molecule has 0 saturated carbocycles. The van der Waals surface area contributed by atoms with E-state index < -0.39 is 23.8 Å². The third-order valence-electron chi connectivity index (χ3n) is 4.81. The van der Waals surface area contributed by atoms with E-state index in [2.05, 4.69) is 0 Å². The van der Waals surface area contributed by atoms with Crippen LogP contribution in [0.5, 0.6) is 0 Å². The fraction of sp³-hybridized carbons (Fsp3) is 0.562. The lowest BCUT2D eigenvalue weighted by atomic mass is 10.2. The number of cyclic esters (lactones) is 1. The number of hydrogen-bond donors (Lipinski definition) is 1. The van der Waals surface area contributed by atoms with Crippen molar-refractivity contribution in [3.05, 3.63) is 23.8 Å². The highest BCUT2D eigenvalue weighted by Gasteiger charge is 2.37. The molecule has 1 aromatic rings. The number of ether oxygens (including phenoxy) is 2. The van der Waals surface area contributed by atoms with E-state index >= 15 is 0 Å². The summed E-state index contributed by atoms with van der Waals surface area (Å²) < 4.78 is 39.9. The van der Waals surface area contributed by atoms with Crippen LogP contribution in [0.1, 0.15) is 12.8 Å². The van der Waals surface area contributed by atoms with Crippen LogP contribution in [0.3, 0.4) is 0 Å². The van der Waals surface area contributed by atoms with Crippen LogP contribution in [0.15, 0.2) is 12.1 Å². The number of amides is 1. The molecule has 3 unspecified atom stereocenters. The van der Waals surface area contributed by atoms with Gasteiger partial charge in [0.1, 0.15) is 11.8 Å². The zero-order chi connectivity index (χ0) is 16.8. The number of anilines is 2. The average Bonchev–Trinajstić information content (AvgIpc) is 3.08. The summed E-state index contributed by atoms with van der Waals surface area (Å²) in [5.74, 6) is -1.37. The Balaban J connectivity index is 1.61. The van der Waals surface area contributed by atoms with Crippen molar-refractivity contribution >= 4 is 17.5 Å². The first kappa shape index (κ1) is 15.6. The summed E-state index contributed by atoms with van der Waals surface area (Å²) in [6.07, 6.45) is 0.798. The average molecular weight is 339 g/mol. The molecule has 1 aromatic carbocycles. The Morgan fingerprint density at radius 3 is 2.29 bits per heavy atom. The highest BCUT2D eigenvalue weighted by Crippen LogP contribution is 2.35. The highest BCUT2D eigenvalue weighted by molar-refractivity contribution is 5.90. The molecule has 0 aromatic heterocycles. The molecule has 1 amide bonds. The van der Waals surface area contributed by atoms with Crippen molar-refractivity contribution in [2.24, 2.45) is 5.73 Å². The monoisotopic (exact) mass is 339 g/mol. The lowest BCUT2D eigenvalue weighted by Crippen LogP contribution is -2.43. The maximum Gasteiger partial charge on any atom is 0.414 e. The second-order valence-electron chi connectivity index (χ2n) is 6.47. The molecule has 130 valence electrons. The summed E-state index contributed by atoms with van der Waals surface area (Å²) in [6.45, 7) is 1.31. The van der Waals surface area contributed by atoms with Crippen LogP contribution in [0.4, 0.5) is 25.0 Å². The highest BCUT2D eigenvalue weighted by atomic mass is 19.1. The summed E-state index contributed by atoms with van der Waals surface area (Å²) in [4.78, 5) is 14.7. The number of nitrogens with two attached hydrogens (primary N) is 1. The topological polar surface area (TPSA) is 68.0 Å². The number of carbonyl (C=O) groups excluding carboxylic acids is 1. The van der Waals surface area contributed by atoms with Crippen LogP contribution in [0.2, 0.25) is 0 Å². The van der Waals surface area contributed by atoms with Gasteiger partial charge in [-0.1, -0.05) is 0 Å². The van der Waals surface area contributed by atoms with E-state index in [4.69, 9.17) is 15.2 Å². The van der Waals surface area contributed by atoms with E-state index in [-0.39, 0.29) is 36.7 Å². The second kappa shape index (κ2) is 5.86. The van der Waals surface area contributed by atoms with Gasteiger partial charge in [0, 0.05) is 31.8 Å². The summed E-state index contributed by atoms with van der Waals surface area (Å²) >= 11 is 0. The van der Waals surface area contributed by atoms with Gasteiger partial charge in [-0.15, -0.1) is 0 Å². The first-order valence-corrected chi connectivity index (χ1v) is 8.13. The van der Waals surface area contributed by atoms with Gasteiger partial charge >= 0.3 is 6.09 Å². The molecule has 3 atom stereocenters. The van der Waals surface area contributed by atoms with E-state index in [1.807, 2.05) is 0 Å². The third kappa shape index (κ3) is 2.59. The van der Waals surface area contributed by atoms with E-state index in [1.54, 1.807) is 4.90 Å². The van der Waals surface area contributed by atoms with Crippen molar-refractivity contribution in [1.82, 2.24) is 0 Å². The van der Waals surface area contributed by atoms with Crippen LogP contribution < -0.4 is 15.5 Å². The molecule has 0 aliphatic carbocycles. The molecule has 3 heterocycles. The van der Waals surface area contributed by atoms with Gasteiger partial charge in [0.15, 0.2) is 11.6 Å². The molecular formula is C16H19F2N3O3. The minimum atomic E-state index is -0.685. The number of nitrogens with zero attached hydrogens (tertiary/aromatic N) is 2. The summed E-state index contributed by atoms with van der Waals surface area (Å²) in [6, 6.07) is 2.35. The van der Waals surface area contributed by atoms with Crippen molar-refractivity contribution in [2.45, 2.75) is 31.2 Å². The summed E-state index contributed by atoms with van der Waals surface area (Å²) in [5.41, 5.74) is 5.57. The van der Waals surface area contributed by atoms with Gasteiger partial charge in [-0.2, -0.15) is 0 Å². The smallest absolute Gasteiger partial charge is 0.414 e. The Kier molecular flexibility index (Phi) is 3.80. The molecule has 6 nitrogen and oxygen atoms in total. The van der Waals surface area contributed by atoms with Gasteiger partial charge in [0.25, 0.3) is 0 Å². The lowest BCUT2D eigenvalue weighted by Gasteiger charge is -2.34. The fourth-order valence-corrected chi connectivity index (χ4v) is 3.66. The lowest BCUT2D eigenvalue weighted by molar-refractivity contribution is 0.0300. The van der Waals surface area contributed by atoms with Crippen molar-refractivity contribution in [2.75, 3.05) is 36.0 Å². The number of rotatable bonds is 3. The number of carbonyl (C=O) groups is 1. The normalized spacial score (nSPS) is 29.3. The van der Waals surface area contributed by atoms with Crippen LogP contribution >= 0.6 is 0 Å². The number of fused-ring (bicyclic) bond motifs is 2. The molecule has 8 heteroatoms. The Hall–Kier alpha value is -1.93. The fourth-order valence-electron chi connectivity index (χ4n) is 3.66. The summed E-state index contributed by atoms with van der Waals surface area (Å²) in [7, 11) is 0. The molecule has 2 N–H and O–H groups in total. The number of hydrogen-bond acceptors (Lipinski definition) is 5. The largest absolute Gasteiger partial charge is 0.443 e. The van der Waals surface area contributed by atoms with Gasteiger partial charge in [-0.25, -0.2) is 13.6 Å². The number of morpholine rings is 1. The molecule has 3 aliphatic rings. The Morgan fingerprint density at radius 2 is 1.75 bits per heavy atom. The van der Waals surface area contributed by atoms with Crippen LogP contribution in [-0.2, 0) is 9.47 Å². The Labute approximate surface area is 138 Å². The molecule has 2 bridgehead atoms. The molecule has 3 saturated heterocycles. The van der Waals surface area contributed by atoms with Crippen molar-refractivity contribution in [3.63, 3.8) is 0 Å². The first-order chi connectivity index (χ1) is 11.5. The van der Waals surface area contributed by atoms with E-state index in [1.165, 1.54) is 17.0 Å². The molecule has 3 fully saturated rings. The molecule has 3 aliphatic heterocycles. The van der Waals surface area contributed by atoms with Crippen molar-refractivity contribution in [3.8, 4) is 0 Å². The Morgan fingerprint density at radius 1 is 1.12 bits per heavy atom. The second-order valence-corrected chi connectivity index (χ2v) is 6.47. The zero-order valence-corrected chi connectivity index (χ0v) is 13.1. The molecule has 0 spiro atoms. The Bertz CT molecular complexity index is 637. The molecular weight excluding hydrogens is 320 g/mol. The SMILES string of the molecule is NCC1CN(c2cc(F)c(N3CC4CCC(C3)O4)c(F)c2)C(=O)O1. The van der Waals surface area contributed by atoms with Crippen LogP contribution in [-0.4, -0.2) is 50.6 Å². The maximum absolute atomic E-state index is 14.6. The predicted molar refractivity (Wildman–Crippen MR) is 83.1 cm³/mol. The van der Waals surface area contributed by atoms with Gasteiger partial charge < -0.3 is 20.1 Å². The van der Waals surface area contributed by atoms with Crippen molar-refractivity contribution in [1.29, 1.82) is 0 Å². The summed E-state index contributed by atoms with van der Waals surface area (Å²) in [5, 5.41) is 0. The maximum atomic E-state index is 14.6. The predicted octanol–water partition coefficient (Wildman–Crippen LogP) is 1.62. The minimum Gasteiger partial charge on any atom is -0.443 e.